The predicted octanol–water partition coefficient (Wildman–Crippen LogP) is 2.42. The van der Waals surface area contributed by atoms with E-state index in [0.29, 0.717) is 12.0 Å². The van der Waals surface area contributed by atoms with Crippen LogP contribution in [0.2, 0.25) is 0 Å². The average molecular weight is 241 g/mol. The van der Waals surface area contributed by atoms with Gasteiger partial charge in [-0.15, -0.1) is 0 Å². The maximum absolute atomic E-state index is 12.0. The van der Waals surface area contributed by atoms with Crippen LogP contribution in [0, 0.1) is 11.3 Å². The molecule has 17 heavy (non-hydrogen) atoms. The quantitative estimate of drug-likeness (QED) is 0.878. The highest BCUT2D eigenvalue weighted by molar-refractivity contribution is 5.91. The van der Waals surface area contributed by atoms with Crippen LogP contribution in [0.5, 0.6) is 5.75 Å². The van der Waals surface area contributed by atoms with Crippen LogP contribution in [-0.2, 0) is 6.42 Å². The first-order chi connectivity index (χ1) is 7.99. The summed E-state index contributed by atoms with van der Waals surface area (Å²) in [5.74, 6) is -1.61. The number of ether oxygens (including phenoxy) is 1. The van der Waals surface area contributed by atoms with Crippen molar-refractivity contribution in [3.8, 4) is 11.8 Å². The van der Waals surface area contributed by atoms with Crippen LogP contribution in [0.4, 0.5) is 8.78 Å². The van der Waals surface area contributed by atoms with E-state index >= 15 is 0 Å². The molecule has 1 rings (SSSR count). The molecule has 90 valence electrons. The lowest BCUT2D eigenvalue weighted by Gasteiger charge is -2.10. The molecule has 0 saturated carbocycles. The van der Waals surface area contributed by atoms with Crippen LogP contribution < -0.4 is 4.74 Å². The fraction of sp³-hybridized carbons (Fsp3) is 0.273. The van der Waals surface area contributed by atoms with Gasteiger partial charge in [0.05, 0.1) is 11.1 Å². The molecule has 0 heterocycles. The zero-order chi connectivity index (χ0) is 13.0. The largest absolute Gasteiger partial charge is 0.478 e. The Balaban J connectivity index is 3.36. The highest BCUT2D eigenvalue weighted by Crippen LogP contribution is 2.24. The molecule has 0 aliphatic heterocycles. The van der Waals surface area contributed by atoms with E-state index in [-0.39, 0.29) is 16.9 Å². The van der Waals surface area contributed by atoms with Crippen molar-refractivity contribution in [2.75, 3.05) is 0 Å². The fourth-order valence-electron chi connectivity index (χ4n) is 1.42. The third-order valence-corrected chi connectivity index (χ3v) is 2.14. The summed E-state index contributed by atoms with van der Waals surface area (Å²) in [7, 11) is 0. The summed E-state index contributed by atoms with van der Waals surface area (Å²) in [5.41, 5.74) is 0.00664. The maximum Gasteiger partial charge on any atom is 0.387 e. The van der Waals surface area contributed by atoms with Gasteiger partial charge >= 0.3 is 12.6 Å². The number of aromatic carboxylic acids is 1. The van der Waals surface area contributed by atoms with Crippen LogP contribution in [0.25, 0.3) is 0 Å². The minimum absolute atomic E-state index is 0.0263. The second-order valence-electron chi connectivity index (χ2n) is 3.15. The molecule has 0 radical (unpaired) electrons. The van der Waals surface area contributed by atoms with E-state index in [4.69, 9.17) is 10.4 Å². The number of hydrogen-bond acceptors (Lipinski definition) is 3. The number of alkyl halides is 2. The van der Waals surface area contributed by atoms with Gasteiger partial charge in [0, 0.05) is 0 Å². The standard InChI is InChI=1S/C11H9F2NO3/c1-2-6-3-7(17-11(12)13)4-8(10(15)16)9(6)5-14/h3-4,11H,2H2,1H3,(H,15,16). The molecule has 0 saturated heterocycles. The lowest BCUT2D eigenvalue weighted by Crippen LogP contribution is -2.07. The van der Waals surface area contributed by atoms with Crippen molar-refractivity contribution in [3.63, 3.8) is 0 Å². The van der Waals surface area contributed by atoms with E-state index in [0.717, 1.165) is 6.07 Å². The molecule has 1 aromatic carbocycles. The first-order valence-corrected chi connectivity index (χ1v) is 4.74. The molecule has 0 spiro atoms. The van der Waals surface area contributed by atoms with E-state index in [9.17, 15) is 13.6 Å². The predicted molar refractivity (Wildman–Crippen MR) is 54.1 cm³/mol. The second kappa shape index (κ2) is 5.25. The van der Waals surface area contributed by atoms with Gasteiger partial charge in [0.25, 0.3) is 0 Å². The monoisotopic (exact) mass is 241 g/mol. The van der Waals surface area contributed by atoms with Gasteiger partial charge in [0.1, 0.15) is 11.8 Å². The molecule has 1 N–H and O–H groups in total. The summed E-state index contributed by atoms with van der Waals surface area (Å²) in [4.78, 5) is 10.9. The summed E-state index contributed by atoms with van der Waals surface area (Å²) in [6.45, 7) is -1.34. The van der Waals surface area contributed by atoms with Gasteiger partial charge in [-0.25, -0.2) is 4.79 Å². The van der Waals surface area contributed by atoms with Gasteiger partial charge in [0.15, 0.2) is 0 Å². The number of nitrogens with zero attached hydrogens (tertiary/aromatic N) is 1. The Morgan fingerprint density at radius 3 is 2.65 bits per heavy atom. The highest BCUT2D eigenvalue weighted by atomic mass is 19.3. The number of rotatable bonds is 4. The summed E-state index contributed by atoms with van der Waals surface area (Å²) < 4.78 is 28.2. The Hall–Kier alpha value is -2.16. The molecule has 0 aliphatic carbocycles. The van der Waals surface area contributed by atoms with E-state index in [1.165, 1.54) is 6.07 Å². The van der Waals surface area contributed by atoms with Gasteiger partial charge in [-0.2, -0.15) is 14.0 Å². The molecule has 6 heteroatoms. The average Bonchev–Trinajstić information content (AvgIpc) is 2.26. The van der Waals surface area contributed by atoms with Gasteiger partial charge in [-0.3, -0.25) is 0 Å². The number of carboxylic acid groups (broad SMARTS) is 1. The number of carbonyl (C=O) groups is 1. The topological polar surface area (TPSA) is 70.3 Å². The lowest BCUT2D eigenvalue weighted by atomic mass is 9.99. The van der Waals surface area contributed by atoms with Gasteiger partial charge in [0.2, 0.25) is 0 Å². The van der Waals surface area contributed by atoms with Crippen LogP contribution in [-0.4, -0.2) is 17.7 Å². The molecule has 0 aliphatic rings. The smallest absolute Gasteiger partial charge is 0.387 e. The Morgan fingerprint density at radius 1 is 1.59 bits per heavy atom. The second-order valence-corrected chi connectivity index (χ2v) is 3.15. The summed E-state index contributed by atoms with van der Waals surface area (Å²) >= 11 is 0. The Labute approximate surface area is 96.0 Å². The first-order valence-electron chi connectivity index (χ1n) is 4.74. The van der Waals surface area contributed by atoms with Crippen molar-refractivity contribution in [2.24, 2.45) is 0 Å². The molecule has 0 atom stereocenters. The number of benzene rings is 1. The SMILES string of the molecule is CCc1cc(OC(F)F)cc(C(=O)O)c1C#N. The normalized spacial score (nSPS) is 10.1. The van der Waals surface area contributed by atoms with Crippen LogP contribution in [0.3, 0.4) is 0 Å². The lowest BCUT2D eigenvalue weighted by molar-refractivity contribution is -0.0499. The summed E-state index contributed by atoms with van der Waals surface area (Å²) in [6, 6.07) is 3.92. The molecule has 0 unspecified atom stereocenters. The molecule has 1 aromatic rings. The number of hydrogen-bond donors (Lipinski definition) is 1. The fourth-order valence-corrected chi connectivity index (χ4v) is 1.42. The van der Waals surface area contributed by atoms with E-state index in [1.54, 1.807) is 13.0 Å². The maximum atomic E-state index is 12.0. The van der Waals surface area contributed by atoms with Gasteiger partial charge in [-0.05, 0) is 24.1 Å². The van der Waals surface area contributed by atoms with Crippen molar-refractivity contribution in [1.82, 2.24) is 0 Å². The molecule has 0 bridgehead atoms. The summed E-state index contributed by atoms with van der Waals surface area (Å²) in [5, 5.41) is 17.7. The Bertz CT molecular complexity index is 480. The number of nitriles is 1. The van der Waals surface area contributed by atoms with E-state index in [2.05, 4.69) is 4.74 Å². The zero-order valence-electron chi connectivity index (χ0n) is 8.91. The van der Waals surface area contributed by atoms with Crippen molar-refractivity contribution in [1.29, 1.82) is 5.26 Å². The molecule has 0 aromatic heterocycles. The number of aryl methyl sites for hydroxylation is 1. The highest BCUT2D eigenvalue weighted by Gasteiger charge is 2.17. The molecule has 0 fully saturated rings. The Kier molecular flexibility index (Phi) is 3.99. The molecular formula is C11H9F2NO3. The van der Waals surface area contributed by atoms with E-state index in [1.807, 2.05) is 0 Å². The molecule has 0 amide bonds. The molecular weight excluding hydrogens is 232 g/mol. The van der Waals surface area contributed by atoms with Crippen molar-refractivity contribution in [3.05, 3.63) is 28.8 Å². The molecule has 4 nitrogen and oxygen atoms in total. The van der Waals surface area contributed by atoms with E-state index < -0.39 is 12.6 Å². The van der Waals surface area contributed by atoms with Crippen LogP contribution in [0.15, 0.2) is 12.1 Å². The van der Waals surface area contributed by atoms with Crippen LogP contribution >= 0.6 is 0 Å². The first kappa shape index (κ1) is 12.9. The zero-order valence-corrected chi connectivity index (χ0v) is 8.91. The van der Waals surface area contributed by atoms with Crippen molar-refractivity contribution in [2.45, 2.75) is 20.0 Å². The van der Waals surface area contributed by atoms with Crippen LogP contribution in [0.1, 0.15) is 28.4 Å². The number of halogens is 2. The van der Waals surface area contributed by atoms with Crippen molar-refractivity contribution < 1.29 is 23.4 Å². The van der Waals surface area contributed by atoms with Gasteiger partial charge < -0.3 is 9.84 Å². The summed E-state index contributed by atoms with van der Waals surface area (Å²) in [6.07, 6.45) is 0.351. The van der Waals surface area contributed by atoms with Crippen molar-refractivity contribution >= 4 is 5.97 Å². The minimum Gasteiger partial charge on any atom is -0.478 e. The number of carboxylic acids is 1. The Morgan fingerprint density at radius 2 is 2.24 bits per heavy atom. The minimum atomic E-state index is -3.03. The third-order valence-electron chi connectivity index (χ3n) is 2.14. The van der Waals surface area contributed by atoms with Gasteiger partial charge in [-0.1, -0.05) is 6.92 Å². The third kappa shape index (κ3) is 2.91.